The van der Waals surface area contributed by atoms with Crippen molar-refractivity contribution in [3.8, 4) is 11.8 Å². The molecule has 1 heterocycles. The van der Waals surface area contributed by atoms with Gasteiger partial charge in [0.2, 0.25) is 5.91 Å². The van der Waals surface area contributed by atoms with Gasteiger partial charge in [0.15, 0.2) is 0 Å². The number of halogens is 1. The highest BCUT2D eigenvalue weighted by atomic mass is 35.5. The third-order valence-electron chi connectivity index (χ3n) is 4.67. The van der Waals surface area contributed by atoms with Gasteiger partial charge in [0.25, 0.3) is 11.8 Å². The van der Waals surface area contributed by atoms with Crippen molar-refractivity contribution in [3.05, 3.63) is 47.2 Å². The Bertz CT molecular complexity index is 764. The van der Waals surface area contributed by atoms with Crippen molar-refractivity contribution in [3.63, 3.8) is 0 Å². The molecule has 0 radical (unpaired) electrons. The van der Waals surface area contributed by atoms with Gasteiger partial charge in [-0.25, -0.2) is 9.97 Å². The summed E-state index contributed by atoms with van der Waals surface area (Å²) in [5.74, 6) is 0.901. The van der Waals surface area contributed by atoms with Crippen LogP contribution in [0, 0.1) is 0 Å². The Balaban J connectivity index is 1.40. The molecule has 2 aromatic rings. The van der Waals surface area contributed by atoms with Crippen LogP contribution < -0.4 is 14.8 Å². The number of methoxy groups -OCH3 is 1. The maximum atomic E-state index is 12.2. The number of rotatable bonds is 7. The molecule has 1 aliphatic rings. The molecular weight excluding hydrogens is 366 g/mol. The summed E-state index contributed by atoms with van der Waals surface area (Å²) in [6.45, 7) is 0. The zero-order valence-electron chi connectivity index (χ0n) is 15.4. The molecule has 1 aromatic carbocycles. The average molecular weight is 390 g/mol. The van der Waals surface area contributed by atoms with Crippen molar-refractivity contribution in [2.24, 2.45) is 0 Å². The number of aromatic nitrogens is 2. The Morgan fingerprint density at radius 3 is 2.63 bits per heavy atom. The van der Waals surface area contributed by atoms with Crippen molar-refractivity contribution >= 4 is 17.5 Å². The second kappa shape index (κ2) is 9.55. The van der Waals surface area contributed by atoms with Gasteiger partial charge in [-0.3, -0.25) is 4.79 Å². The fraction of sp³-hybridized carbons (Fsp3) is 0.450. The number of carbonyl (C=O) groups excluding carboxylic acids is 1. The lowest BCUT2D eigenvalue weighted by molar-refractivity contribution is -0.122. The van der Waals surface area contributed by atoms with Crippen LogP contribution in [0.5, 0.6) is 11.8 Å². The summed E-state index contributed by atoms with van der Waals surface area (Å²) in [5.41, 5.74) is 1.08. The Hall–Kier alpha value is -2.34. The molecule has 0 aliphatic heterocycles. The number of amides is 1. The maximum Gasteiger partial charge on any atom is 0.278 e. The first-order chi connectivity index (χ1) is 13.1. The smallest absolute Gasteiger partial charge is 0.278 e. The number of hydrogen-bond acceptors (Lipinski definition) is 5. The normalized spacial score (nSPS) is 19.3. The Labute approximate surface area is 164 Å². The molecule has 3 rings (SSSR count). The topological polar surface area (TPSA) is 73.3 Å². The molecule has 0 saturated heterocycles. The minimum atomic E-state index is 0.0650. The summed E-state index contributed by atoms with van der Waals surface area (Å²) < 4.78 is 11.1. The molecule has 1 amide bonds. The highest BCUT2D eigenvalue weighted by Gasteiger charge is 2.25. The fourth-order valence-corrected chi connectivity index (χ4v) is 3.48. The monoisotopic (exact) mass is 389 g/mol. The van der Waals surface area contributed by atoms with E-state index in [-0.39, 0.29) is 18.1 Å². The van der Waals surface area contributed by atoms with E-state index < -0.39 is 0 Å². The minimum Gasteiger partial charge on any atom is -0.477 e. The van der Waals surface area contributed by atoms with Gasteiger partial charge in [0, 0.05) is 29.9 Å². The number of benzene rings is 1. The van der Waals surface area contributed by atoms with Crippen molar-refractivity contribution in [1.29, 1.82) is 0 Å². The molecular formula is C20H24ClN3O3. The van der Waals surface area contributed by atoms with E-state index in [1.54, 1.807) is 19.5 Å². The van der Waals surface area contributed by atoms with E-state index in [4.69, 9.17) is 21.1 Å². The van der Waals surface area contributed by atoms with Gasteiger partial charge in [0.1, 0.15) is 6.10 Å². The van der Waals surface area contributed by atoms with Crippen LogP contribution in [0.2, 0.25) is 5.02 Å². The first kappa shape index (κ1) is 19.4. The molecule has 27 heavy (non-hydrogen) atoms. The van der Waals surface area contributed by atoms with E-state index in [0.29, 0.717) is 29.6 Å². The van der Waals surface area contributed by atoms with Gasteiger partial charge in [0.05, 0.1) is 7.11 Å². The van der Waals surface area contributed by atoms with E-state index >= 15 is 0 Å². The van der Waals surface area contributed by atoms with Crippen molar-refractivity contribution in [2.75, 3.05) is 7.11 Å². The summed E-state index contributed by atoms with van der Waals surface area (Å²) in [6.07, 6.45) is 7.87. The van der Waals surface area contributed by atoms with Crippen LogP contribution >= 0.6 is 11.6 Å². The van der Waals surface area contributed by atoms with Crippen LogP contribution in [-0.2, 0) is 11.2 Å². The van der Waals surface area contributed by atoms with Gasteiger partial charge in [-0.15, -0.1) is 0 Å². The second-order valence-electron chi connectivity index (χ2n) is 6.66. The van der Waals surface area contributed by atoms with E-state index in [0.717, 1.165) is 31.2 Å². The van der Waals surface area contributed by atoms with E-state index in [9.17, 15) is 4.79 Å². The molecule has 1 N–H and O–H groups in total. The van der Waals surface area contributed by atoms with Gasteiger partial charge < -0.3 is 14.8 Å². The van der Waals surface area contributed by atoms with Crippen molar-refractivity contribution in [2.45, 2.75) is 50.7 Å². The van der Waals surface area contributed by atoms with E-state index in [2.05, 4.69) is 15.3 Å². The van der Waals surface area contributed by atoms with Crippen LogP contribution in [-0.4, -0.2) is 35.1 Å². The maximum absolute atomic E-state index is 12.2. The molecule has 7 heteroatoms. The van der Waals surface area contributed by atoms with Gasteiger partial charge in [-0.2, -0.15) is 0 Å². The van der Waals surface area contributed by atoms with Crippen molar-refractivity contribution < 1.29 is 14.3 Å². The number of nitrogens with one attached hydrogen (secondary N) is 1. The largest absolute Gasteiger partial charge is 0.477 e. The van der Waals surface area contributed by atoms with Crippen LogP contribution in [0.1, 0.15) is 37.7 Å². The van der Waals surface area contributed by atoms with Crippen LogP contribution in [0.4, 0.5) is 0 Å². The zero-order chi connectivity index (χ0) is 19.1. The summed E-state index contributed by atoms with van der Waals surface area (Å²) in [5, 5.41) is 3.83. The molecule has 0 bridgehead atoms. The average Bonchev–Trinajstić information content (AvgIpc) is 2.68. The Morgan fingerprint density at radius 1 is 1.19 bits per heavy atom. The van der Waals surface area contributed by atoms with Crippen LogP contribution in [0.15, 0.2) is 36.7 Å². The third-order valence-corrected chi connectivity index (χ3v) is 4.91. The summed E-state index contributed by atoms with van der Waals surface area (Å²) in [7, 11) is 1.55. The zero-order valence-corrected chi connectivity index (χ0v) is 16.1. The Morgan fingerprint density at radius 2 is 1.93 bits per heavy atom. The highest BCUT2D eigenvalue weighted by Crippen LogP contribution is 2.27. The third kappa shape index (κ3) is 5.82. The standard InChI is InChI=1S/C20H24ClN3O3/c1-26-19-20(23-12-11-22-19)27-17-8-6-16(7-9-17)24-18(25)10-5-14-3-2-4-15(21)13-14/h2-4,11-13,16-17H,5-10H2,1H3,(H,24,25). The lowest BCUT2D eigenvalue weighted by Crippen LogP contribution is -2.39. The number of ether oxygens (including phenoxy) is 2. The summed E-state index contributed by atoms with van der Waals surface area (Å²) in [4.78, 5) is 20.5. The quantitative estimate of drug-likeness (QED) is 0.783. The first-order valence-corrected chi connectivity index (χ1v) is 9.57. The molecule has 6 nitrogen and oxygen atoms in total. The fourth-order valence-electron chi connectivity index (χ4n) is 3.27. The van der Waals surface area contributed by atoms with Gasteiger partial charge in [-0.05, 0) is 49.8 Å². The Kier molecular flexibility index (Phi) is 6.87. The SMILES string of the molecule is COc1nccnc1OC1CCC(NC(=O)CCc2cccc(Cl)c2)CC1. The minimum absolute atomic E-state index is 0.0650. The molecule has 1 saturated carbocycles. The first-order valence-electron chi connectivity index (χ1n) is 9.19. The van der Waals surface area contributed by atoms with Gasteiger partial charge >= 0.3 is 0 Å². The number of hydrogen-bond donors (Lipinski definition) is 1. The van der Waals surface area contributed by atoms with Crippen LogP contribution in [0.3, 0.4) is 0 Å². The number of nitrogens with zero attached hydrogens (tertiary/aromatic N) is 2. The molecule has 0 unspecified atom stereocenters. The second-order valence-corrected chi connectivity index (χ2v) is 7.10. The van der Waals surface area contributed by atoms with Crippen molar-refractivity contribution in [1.82, 2.24) is 15.3 Å². The summed E-state index contributed by atoms with van der Waals surface area (Å²) >= 11 is 5.98. The lowest BCUT2D eigenvalue weighted by atomic mass is 9.92. The number of aryl methyl sites for hydroxylation is 1. The van der Waals surface area contributed by atoms with E-state index in [1.807, 2.05) is 24.3 Å². The molecule has 1 aliphatic carbocycles. The predicted molar refractivity (Wildman–Crippen MR) is 103 cm³/mol. The molecule has 144 valence electrons. The number of carbonyl (C=O) groups is 1. The van der Waals surface area contributed by atoms with Crippen LogP contribution in [0.25, 0.3) is 0 Å². The summed E-state index contributed by atoms with van der Waals surface area (Å²) in [6, 6.07) is 7.83. The molecule has 1 fully saturated rings. The predicted octanol–water partition coefficient (Wildman–Crippen LogP) is 3.58. The van der Waals surface area contributed by atoms with Gasteiger partial charge in [-0.1, -0.05) is 23.7 Å². The molecule has 0 spiro atoms. The highest BCUT2D eigenvalue weighted by molar-refractivity contribution is 6.30. The van der Waals surface area contributed by atoms with E-state index in [1.165, 1.54) is 0 Å². The lowest BCUT2D eigenvalue weighted by Gasteiger charge is -2.29. The molecule has 1 aromatic heterocycles. The molecule has 0 atom stereocenters.